The lowest BCUT2D eigenvalue weighted by Crippen LogP contribution is -2.39. The van der Waals surface area contributed by atoms with Crippen molar-refractivity contribution in [3.63, 3.8) is 0 Å². The normalized spacial score (nSPS) is 13.2. The largest absolute Gasteiger partial charge is 0.480 e. The molecule has 0 aliphatic carbocycles. The van der Waals surface area contributed by atoms with E-state index in [2.05, 4.69) is 24.4 Å². The number of ether oxygens (including phenoxy) is 1. The molecule has 0 aromatic heterocycles. The standard InChI is InChI=1S/C21H27NO2/c1-6-19(24-20-13-15(3)7-10-16(20)4)21(23)22-17(5)18-11-8-14(2)9-12-18/h7-13,17,19H,6H2,1-5H3,(H,22,23)/t17-,19+/m0/s1. The van der Waals surface area contributed by atoms with Gasteiger partial charge in [-0.3, -0.25) is 4.79 Å². The van der Waals surface area contributed by atoms with Crippen LogP contribution in [0, 0.1) is 20.8 Å². The van der Waals surface area contributed by atoms with Crippen molar-refractivity contribution in [2.45, 2.75) is 53.2 Å². The molecule has 0 saturated heterocycles. The summed E-state index contributed by atoms with van der Waals surface area (Å²) in [6.45, 7) is 10.0. The molecule has 0 saturated carbocycles. The van der Waals surface area contributed by atoms with E-state index in [9.17, 15) is 4.79 Å². The Morgan fingerprint density at radius 3 is 2.29 bits per heavy atom. The molecule has 0 bridgehead atoms. The van der Waals surface area contributed by atoms with Gasteiger partial charge in [0.15, 0.2) is 6.10 Å². The average molecular weight is 325 g/mol. The van der Waals surface area contributed by atoms with Crippen molar-refractivity contribution in [2.24, 2.45) is 0 Å². The van der Waals surface area contributed by atoms with Gasteiger partial charge < -0.3 is 10.1 Å². The first-order chi connectivity index (χ1) is 11.4. The van der Waals surface area contributed by atoms with Gasteiger partial charge in [-0.05, 0) is 56.9 Å². The van der Waals surface area contributed by atoms with Crippen molar-refractivity contribution < 1.29 is 9.53 Å². The van der Waals surface area contributed by atoms with Gasteiger partial charge in [0, 0.05) is 0 Å². The van der Waals surface area contributed by atoms with Crippen LogP contribution in [-0.2, 0) is 4.79 Å². The Balaban J connectivity index is 2.05. The maximum absolute atomic E-state index is 12.6. The molecule has 2 atom stereocenters. The molecule has 0 heterocycles. The molecule has 2 aromatic rings. The van der Waals surface area contributed by atoms with Gasteiger partial charge in [0.05, 0.1) is 6.04 Å². The molecule has 24 heavy (non-hydrogen) atoms. The van der Waals surface area contributed by atoms with Crippen LogP contribution in [0.5, 0.6) is 5.75 Å². The van der Waals surface area contributed by atoms with Crippen LogP contribution < -0.4 is 10.1 Å². The van der Waals surface area contributed by atoms with Gasteiger partial charge >= 0.3 is 0 Å². The second kappa shape index (κ2) is 8.00. The molecule has 1 amide bonds. The summed E-state index contributed by atoms with van der Waals surface area (Å²) in [5.74, 6) is 0.700. The van der Waals surface area contributed by atoms with Crippen LogP contribution >= 0.6 is 0 Å². The number of rotatable bonds is 6. The maximum Gasteiger partial charge on any atom is 0.261 e. The third kappa shape index (κ3) is 4.60. The first-order valence-electron chi connectivity index (χ1n) is 8.51. The molecule has 128 valence electrons. The third-order valence-corrected chi connectivity index (χ3v) is 4.21. The molecule has 3 nitrogen and oxygen atoms in total. The van der Waals surface area contributed by atoms with Crippen molar-refractivity contribution in [3.05, 3.63) is 64.7 Å². The summed E-state index contributed by atoms with van der Waals surface area (Å²) in [6.07, 6.45) is 0.137. The van der Waals surface area contributed by atoms with Crippen LogP contribution in [-0.4, -0.2) is 12.0 Å². The Morgan fingerprint density at radius 2 is 1.67 bits per heavy atom. The molecule has 0 aliphatic heterocycles. The fraction of sp³-hybridized carbons (Fsp3) is 0.381. The highest BCUT2D eigenvalue weighted by molar-refractivity contribution is 5.81. The summed E-state index contributed by atoms with van der Waals surface area (Å²) in [4.78, 5) is 12.6. The van der Waals surface area contributed by atoms with E-state index in [1.165, 1.54) is 5.56 Å². The van der Waals surface area contributed by atoms with Crippen molar-refractivity contribution >= 4 is 5.91 Å². The molecule has 0 aliphatic rings. The first-order valence-corrected chi connectivity index (χ1v) is 8.51. The zero-order chi connectivity index (χ0) is 17.7. The van der Waals surface area contributed by atoms with E-state index in [0.29, 0.717) is 6.42 Å². The lowest BCUT2D eigenvalue weighted by atomic mass is 10.1. The molecular weight excluding hydrogens is 298 g/mol. The van der Waals surface area contributed by atoms with Crippen LogP contribution in [0.25, 0.3) is 0 Å². The van der Waals surface area contributed by atoms with Crippen LogP contribution in [0.15, 0.2) is 42.5 Å². The lowest BCUT2D eigenvalue weighted by molar-refractivity contribution is -0.128. The fourth-order valence-corrected chi connectivity index (χ4v) is 2.55. The van der Waals surface area contributed by atoms with Gasteiger partial charge in [-0.15, -0.1) is 0 Å². The van der Waals surface area contributed by atoms with E-state index < -0.39 is 6.10 Å². The van der Waals surface area contributed by atoms with E-state index in [-0.39, 0.29) is 11.9 Å². The van der Waals surface area contributed by atoms with Crippen LogP contribution in [0.3, 0.4) is 0 Å². The second-order valence-electron chi connectivity index (χ2n) is 6.42. The summed E-state index contributed by atoms with van der Waals surface area (Å²) in [6, 6.07) is 14.2. The van der Waals surface area contributed by atoms with Crippen molar-refractivity contribution in [1.29, 1.82) is 0 Å². The zero-order valence-electron chi connectivity index (χ0n) is 15.2. The number of hydrogen-bond acceptors (Lipinski definition) is 2. The number of carbonyl (C=O) groups excluding carboxylic acids is 1. The highest BCUT2D eigenvalue weighted by Gasteiger charge is 2.21. The highest BCUT2D eigenvalue weighted by Crippen LogP contribution is 2.22. The number of carbonyl (C=O) groups is 1. The zero-order valence-corrected chi connectivity index (χ0v) is 15.2. The van der Waals surface area contributed by atoms with Crippen LogP contribution in [0.1, 0.15) is 48.6 Å². The SMILES string of the molecule is CC[C@@H](Oc1cc(C)ccc1C)C(=O)N[C@@H](C)c1ccc(C)cc1. The highest BCUT2D eigenvalue weighted by atomic mass is 16.5. The Hall–Kier alpha value is -2.29. The number of nitrogens with one attached hydrogen (secondary N) is 1. The van der Waals surface area contributed by atoms with Gasteiger partial charge in [0.25, 0.3) is 5.91 Å². The quantitative estimate of drug-likeness (QED) is 0.840. The number of amides is 1. The lowest BCUT2D eigenvalue weighted by Gasteiger charge is -2.22. The van der Waals surface area contributed by atoms with Gasteiger partial charge in [-0.2, -0.15) is 0 Å². The minimum Gasteiger partial charge on any atom is -0.480 e. The minimum atomic E-state index is -0.488. The molecule has 1 N–H and O–H groups in total. The first kappa shape index (κ1) is 18.1. The summed E-state index contributed by atoms with van der Waals surface area (Å²) < 4.78 is 5.98. The molecule has 2 rings (SSSR count). The molecular formula is C21H27NO2. The van der Waals surface area contributed by atoms with E-state index in [1.807, 2.05) is 58.0 Å². The van der Waals surface area contributed by atoms with Crippen molar-refractivity contribution in [2.75, 3.05) is 0 Å². The van der Waals surface area contributed by atoms with E-state index in [0.717, 1.165) is 22.4 Å². The van der Waals surface area contributed by atoms with Crippen LogP contribution in [0.2, 0.25) is 0 Å². The van der Waals surface area contributed by atoms with Gasteiger partial charge in [0.1, 0.15) is 5.75 Å². The number of aryl methyl sites for hydroxylation is 3. The summed E-state index contributed by atoms with van der Waals surface area (Å²) in [7, 11) is 0. The van der Waals surface area contributed by atoms with Crippen LogP contribution in [0.4, 0.5) is 0 Å². The smallest absolute Gasteiger partial charge is 0.261 e. The molecule has 0 fully saturated rings. The Bertz CT molecular complexity index is 691. The third-order valence-electron chi connectivity index (χ3n) is 4.21. The second-order valence-corrected chi connectivity index (χ2v) is 6.42. The minimum absolute atomic E-state index is 0.0469. The molecule has 3 heteroatoms. The molecule has 0 unspecified atom stereocenters. The Morgan fingerprint density at radius 1 is 1.04 bits per heavy atom. The number of benzene rings is 2. The average Bonchev–Trinajstić information content (AvgIpc) is 2.56. The number of hydrogen-bond donors (Lipinski definition) is 1. The van der Waals surface area contributed by atoms with E-state index in [4.69, 9.17) is 4.74 Å². The topological polar surface area (TPSA) is 38.3 Å². The summed E-state index contributed by atoms with van der Waals surface area (Å²) >= 11 is 0. The van der Waals surface area contributed by atoms with E-state index in [1.54, 1.807) is 0 Å². The van der Waals surface area contributed by atoms with Crippen molar-refractivity contribution in [3.8, 4) is 5.75 Å². The maximum atomic E-state index is 12.6. The summed E-state index contributed by atoms with van der Waals surface area (Å²) in [5.41, 5.74) is 4.47. The summed E-state index contributed by atoms with van der Waals surface area (Å²) in [5, 5.41) is 3.06. The predicted octanol–water partition coefficient (Wildman–Crippen LogP) is 4.65. The Labute approximate surface area is 145 Å². The fourth-order valence-electron chi connectivity index (χ4n) is 2.55. The van der Waals surface area contributed by atoms with Crippen molar-refractivity contribution in [1.82, 2.24) is 5.32 Å². The van der Waals surface area contributed by atoms with Gasteiger partial charge in [0.2, 0.25) is 0 Å². The molecule has 2 aromatic carbocycles. The Kier molecular flexibility index (Phi) is 6.02. The molecule has 0 spiro atoms. The van der Waals surface area contributed by atoms with Gasteiger partial charge in [-0.25, -0.2) is 0 Å². The van der Waals surface area contributed by atoms with Gasteiger partial charge in [-0.1, -0.05) is 48.9 Å². The molecule has 0 radical (unpaired) electrons. The monoisotopic (exact) mass is 325 g/mol. The van der Waals surface area contributed by atoms with E-state index >= 15 is 0 Å². The predicted molar refractivity (Wildman–Crippen MR) is 98.4 cm³/mol.